The van der Waals surface area contributed by atoms with Crippen LogP contribution in [0.4, 0.5) is 0 Å². The molecule has 7 heteroatoms. The van der Waals surface area contributed by atoms with Gasteiger partial charge in [-0.25, -0.2) is 0 Å². The molecule has 0 aliphatic carbocycles. The normalized spacial score (nSPS) is 13.1. The number of likely N-dealkylation sites (N-methyl/N-ethyl adjacent to an activating group) is 1. The van der Waals surface area contributed by atoms with E-state index in [0.29, 0.717) is 17.8 Å². The molecule has 3 aromatic rings. The van der Waals surface area contributed by atoms with Crippen molar-refractivity contribution in [1.29, 1.82) is 0 Å². The van der Waals surface area contributed by atoms with Crippen molar-refractivity contribution < 1.29 is 14.0 Å². The van der Waals surface area contributed by atoms with Crippen LogP contribution in [-0.4, -0.2) is 43.4 Å². The van der Waals surface area contributed by atoms with E-state index < -0.39 is 6.04 Å². The molecule has 0 bridgehead atoms. The molecule has 0 spiro atoms. The van der Waals surface area contributed by atoms with Crippen LogP contribution in [0.25, 0.3) is 0 Å². The summed E-state index contributed by atoms with van der Waals surface area (Å²) in [5.74, 6) is 0.306. The highest BCUT2D eigenvalue weighted by atomic mass is 32.1. The summed E-state index contributed by atoms with van der Waals surface area (Å²) in [5, 5.41) is 7.69. The molecular formula is C22H25N3O3S. The van der Waals surface area contributed by atoms with Crippen LogP contribution in [0.2, 0.25) is 0 Å². The maximum Gasteiger partial charge on any atom is 0.262 e. The van der Waals surface area contributed by atoms with Gasteiger partial charge in [0.05, 0.1) is 17.2 Å². The van der Waals surface area contributed by atoms with Gasteiger partial charge >= 0.3 is 0 Å². The van der Waals surface area contributed by atoms with Gasteiger partial charge in [-0.05, 0) is 43.2 Å². The molecule has 6 nitrogen and oxygen atoms in total. The van der Waals surface area contributed by atoms with Gasteiger partial charge in [-0.15, -0.1) is 11.3 Å². The number of thiophene rings is 1. The number of carbonyl (C=O) groups excluding carboxylic acids is 2. The highest BCUT2D eigenvalue weighted by Gasteiger charge is 2.24. The lowest BCUT2D eigenvalue weighted by atomic mass is 10.0. The minimum absolute atomic E-state index is 0.0978. The van der Waals surface area contributed by atoms with Gasteiger partial charge < -0.3 is 15.1 Å². The summed E-state index contributed by atoms with van der Waals surface area (Å²) in [7, 11) is 3.86. The zero-order valence-corrected chi connectivity index (χ0v) is 17.3. The van der Waals surface area contributed by atoms with Gasteiger partial charge in [0.2, 0.25) is 5.91 Å². The fourth-order valence-electron chi connectivity index (χ4n) is 3.04. The van der Waals surface area contributed by atoms with Crippen molar-refractivity contribution in [3.05, 3.63) is 82.4 Å². The Kier molecular flexibility index (Phi) is 7.21. The molecule has 0 aliphatic heterocycles. The molecule has 0 unspecified atom stereocenters. The van der Waals surface area contributed by atoms with Crippen molar-refractivity contribution in [3.63, 3.8) is 0 Å². The van der Waals surface area contributed by atoms with E-state index in [1.165, 1.54) is 11.3 Å². The SMILES string of the molecule is CN(C)[C@@H](CNC(=O)[C@@H](Cc1ccccc1)NC(=O)c1cccs1)c1ccco1. The van der Waals surface area contributed by atoms with Crippen LogP contribution in [0, 0.1) is 0 Å². The molecule has 29 heavy (non-hydrogen) atoms. The van der Waals surface area contributed by atoms with E-state index >= 15 is 0 Å². The average Bonchev–Trinajstić information content (AvgIpc) is 3.42. The number of furan rings is 1. The van der Waals surface area contributed by atoms with E-state index in [1.807, 2.05) is 72.9 Å². The molecule has 1 aromatic carbocycles. The minimum atomic E-state index is -0.675. The van der Waals surface area contributed by atoms with Gasteiger partial charge in [0, 0.05) is 13.0 Å². The molecule has 0 radical (unpaired) electrons. The first kappa shape index (κ1) is 20.8. The van der Waals surface area contributed by atoms with Crippen molar-refractivity contribution in [2.45, 2.75) is 18.5 Å². The second-order valence-electron chi connectivity index (χ2n) is 6.93. The Balaban J connectivity index is 1.70. The number of nitrogens with one attached hydrogen (secondary N) is 2. The van der Waals surface area contributed by atoms with Gasteiger partial charge in [-0.2, -0.15) is 0 Å². The number of carbonyl (C=O) groups is 2. The molecule has 152 valence electrons. The van der Waals surface area contributed by atoms with Crippen molar-refractivity contribution in [1.82, 2.24) is 15.5 Å². The third-order valence-electron chi connectivity index (χ3n) is 4.61. The lowest BCUT2D eigenvalue weighted by molar-refractivity contribution is -0.123. The minimum Gasteiger partial charge on any atom is -0.468 e. The largest absolute Gasteiger partial charge is 0.468 e. The molecule has 2 N–H and O–H groups in total. The van der Waals surface area contributed by atoms with E-state index in [1.54, 1.807) is 12.3 Å². The summed E-state index contributed by atoms with van der Waals surface area (Å²) in [6.07, 6.45) is 2.03. The maximum absolute atomic E-state index is 13.0. The topological polar surface area (TPSA) is 74.6 Å². The number of nitrogens with zero attached hydrogens (tertiary/aromatic N) is 1. The van der Waals surface area contributed by atoms with E-state index in [-0.39, 0.29) is 17.9 Å². The van der Waals surface area contributed by atoms with Crippen molar-refractivity contribution >= 4 is 23.2 Å². The predicted molar refractivity (Wildman–Crippen MR) is 114 cm³/mol. The predicted octanol–water partition coefficient (Wildman–Crippen LogP) is 3.10. The van der Waals surface area contributed by atoms with Gasteiger partial charge in [0.25, 0.3) is 5.91 Å². The van der Waals surface area contributed by atoms with Crippen LogP contribution in [0.15, 0.2) is 70.7 Å². The fourth-order valence-corrected chi connectivity index (χ4v) is 3.66. The first-order valence-corrected chi connectivity index (χ1v) is 10.3. The maximum atomic E-state index is 13.0. The average molecular weight is 412 g/mol. The number of benzene rings is 1. The molecular weight excluding hydrogens is 386 g/mol. The first-order valence-electron chi connectivity index (χ1n) is 9.40. The van der Waals surface area contributed by atoms with Crippen LogP contribution in [0.1, 0.15) is 27.0 Å². The Morgan fingerprint density at radius 1 is 1.07 bits per heavy atom. The van der Waals surface area contributed by atoms with Gasteiger partial charge in [0.1, 0.15) is 11.8 Å². The third-order valence-corrected chi connectivity index (χ3v) is 5.48. The van der Waals surface area contributed by atoms with E-state index in [2.05, 4.69) is 10.6 Å². The molecule has 0 fully saturated rings. The fraction of sp³-hybridized carbons (Fsp3) is 0.273. The van der Waals surface area contributed by atoms with Crippen molar-refractivity contribution in [2.75, 3.05) is 20.6 Å². The zero-order valence-electron chi connectivity index (χ0n) is 16.5. The number of hydrogen-bond acceptors (Lipinski definition) is 5. The lowest BCUT2D eigenvalue weighted by Gasteiger charge is -2.24. The molecule has 0 saturated heterocycles. The van der Waals surface area contributed by atoms with Crippen LogP contribution in [-0.2, 0) is 11.2 Å². The van der Waals surface area contributed by atoms with E-state index in [0.717, 1.165) is 11.3 Å². The molecule has 2 heterocycles. The number of amides is 2. The van der Waals surface area contributed by atoms with Crippen molar-refractivity contribution in [2.24, 2.45) is 0 Å². The lowest BCUT2D eigenvalue weighted by Crippen LogP contribution is -2.49. The number of hydrogen-bond donors (Lipinski definition) is 2. The van der Waals surface area contributed by atoms with Crippen LogP contribution in [0.3, 0.4) is 0 Å². The van der Waals surface area contributed by atoms with Crippen LogP contribution >= 0.6 is 11.3 Å². The Morgan fingerprint density at radius 2 is 1.86 bits per heavy atom. The summed E-state index contributed by atoms with van der Waals surface area (Å²) in [6.45, 7) is 0.375. The van der Waals surface area contributed by atoms with Gasteiger partial charge in [-0.3, -0.25) is 14.5 Å². The smallest absolute Gasteiger partial charge is 0.262 e. The number of rotatable bonds is 9. The second kappa shape index (κ2) is 10.0. The molecule has 0 saturated carbocycles. The van der Waals surface area contributed by atoms with E-state index in [4.69, 9.17) is 4.42 Å². The quantitative estimate of drug-likeness (QED) is 0.567. The Bertz CT molecular complexity index is 893. The standard InChI is InChI=1S/C22H25N3O3S/c1-25(2)18(19-10-6-12-28-19)15-23-21(26)17(14-16-8-4-3-5-9-16)24-22(27)20-11-7-13-29-20/h3-13,17-18H,14-15H2,1-2H3,(H,23,26)(H,24,27)/t17-,18+/m1/s1. The Hall–Kier alpha value is -2.90. The van der Waals surface area contributed by atoms with E-state index in [9.17, 15) is 9.59 Å². The Morgan fingerprint density at radius 3 is 2.48 bits per heavy atom. The molecule has 3 rings (SSSR count). The zero-order chi connectivity index (χ0) is 20.6. The summed E-state index contributed by atoms with van der Waals surface area (Å²) < 4.78 is 5.50. The third kappa shape index (κ3) is 5.79. The second-order valence-corrected chi connectivity index (χ2v) is 7.88. The van der Waals surface area contributed by atoms with Crippen LogP contribution < -0.4 is 10.6 Å². The van der Waals surface area contributed by atoms with Crippen molar-refractivity contribution in [3.8, 4) is 0 Å². The Labute approximate surface area is 174 Å². The van der Waals surface area contributed by atoms with Gasteiger partial charge in [0.15, 0.2) is 0 Å². The molecule has 2 atom stereocenters. The summed E-state index contributed by atoms with van der Waals surface area (Å²) in [5.41, 5.74) is 0.981. The summed E-state index contributed by atoms with van der Waals surface area (Å²) in [6, 6.07) is 16.2. The highest BCUT2D eigenvalue weighted by Crippen LogP contribution is 2.17. The van der Waals surface area contributed by atoms with Gasteiger partial charge in [-0.1, -0.05) is 36.4 Å². The summed E-state index contributed by atoms with van der Waals surface area (Å²) >= 11 is 1.35. The van der Waals surface area contributed by atoms with Crippen LogP contribution in [0.5, 0.6) is 0 Å². The monoisotopic (exact) mass is 411 g/mol. The molecule has 2 aromatic heterocycles. The molecule has 2 amide bonds. The highest BCUT2D eigenvalue weighted by molar-refractivity contribution is 7.12. The summed E-state index contributed by atoms with van der Waals surface area (Å²) in [4.78, 5) is 28.1. The molecule has 0 aliphatic rings. The first-order chi connectivity index (χ1) is 14.0.